The van der Waals surface area contributed by atoms with Crippen molar-refractivity contribution in [3.63, 3.8) is 0 Å². The van der Waals surface area contributed by atoms with E-state index in [1.54, 1.807) is 11.1 Å². The zero-order chi connectivity index (χ0) is 20.1. The average molecular weight is 394 g/mol. The lowest BCUT2D eigenvalue weighted by Gasteiger charge is -2.33. The van der Waals surface area contributed by atoms with E-state index in [9.17, 15) is 9.18 Å². The molecule has 1 saturated heterocycles. The van der Waals surface area contributed by atoms with Crippen LogP contribution in [0.15, 0.2) is 65.2 Å². The number of nitrogens with zero attached hydrogens (tertiary/aromatic N) is 2. The zero-order valence-corrected chi connectivity index (χ0v) is 16.1. The molecule has 5 nitrogen and oxygen atoms in total. The van der Waals surface area contributed by atoms with Gasteiger partial charge in [0.2, 0.25) is 5.89 Å². The lowest BCUT2D eigenvalue weighted by atomic mass is 10.0. The third-order valence-electron chi connectivity index (χ3n) is 5.08. The second-order valence-corrected chi connectivity index (χ2v) is 7.17. The van der Waals surface area contributed by atoms with Gasteiger partial charge in [0.25, 0.3) is 5.91 Å². The van der Waals surface area contributed by atoms with E-state index in [1.807, 2.05) is 30.3 Å². The van der Waals surface area contributed by atoms with Gasteiger partial charge in [-0.1, -0.05) is 30.3 Å². The van der Waals surface area contributed by atoms with Gasteiger partial charge in [-0.05, 0) is 49.1 Å². The lowest BCUT2D eigenvalue weighted by Crippen LogP contribution is -2.41. The molecule has 3 aromatic rings. The Morgan fingerprint density at radius 3 is 2.72 bits per heavy atom. The SMILES string of the molecule is O=C(COc1ccc(F)cc1)N1CCCCC1c1ncc(Cc2ccccc2)o1. The van der Waals surface area contributed by atoms with Crippen molar-refractivity contribution in [2.24, 2.45) is 0 Å². The molecule has 1 atom stereocenters. The number of oxazole rings is 1. The van der Waals surface area contributed by atoms with Crippen LogP contribution in [-0.2, 0) is 11.2 Å². The second kappa shape index (κ2) is 8.90. The number of carbonyl (C=O) groups is 1. The summed E-state index contributed by atoms with van der Waals surface area (Å²) in [7, 11) is 0. The largest absolute Gasteiger partial charge is 0.484 e. The molecule has 2 heterocycles. The first-order chi connectivity index (χ1) is 14.2. The van der Waals surface area contributed by atoms with Crippen LogP contribution < -0.4 is 4.74 Å². The molecule has 150 valence electrons. The Bertz CT molecular complexity index is 940. The Morgan fingerprint density at radius 1 is 1.14 bits per heavy atom. The predicted molar refractivity (Wildman–Crippen MR) is 106 cm³/mol. The van der Waals surface area contributed by atoms with Crippen LogP contribution in [-0.4, -0.2) is 28.9 Å². The summed E-state index contributed by atoms with van der Waals surface area (Å²) in [4.78, 5) is 19.0. The Hall–Kier alpha value is -3.15. The average Bonchev–Trinajstić information content (AvgIpc) is 3.22. The van der Waals surface area contributed by atoms with Gasteiger partial charge in [-0.15, -0.1) is 0 Å². The van der Waals surface area contributed by atoms with Gasteiger partial charge in [0.1, 0.15) is 23.4 Å². The smallest absolute Gasteiger partial charge is 0.261 e. The maximum atomic E-state index is 13.0. The summed E-state index contributed by atoms with van der Waals surface area (Å²) in [6.07, 6.45) is 5.18. The highest BCUT2D eigenvalue weighted by Crippen LogP contribution is 2.31. The molecule has 0 bridgehead atoms. The molecule has 0 saturated carbocycles. The first-order valence-electron chi connectivity index (χ1n) is 9.85. The highest BCUT2D eigenvalue weighted by Gasteiger charge is 2.31. The second-order valence-electron chi connectivity index (χ2n) is 7.17. The topological polar surface area (TPSA) is 55.6 Å². The fraction of sp³-hybridized carbons (Fsp3) is 0.304. The Morgan fingerprint density at radius 2 is 1.93 bits per heavy atom. The first kappa shape index (κ1) is 19.2. The molecule has 1 aliphatic heterocycles. The van der Waals surface area contributed by atoms with Gasteiger partial charge in [-0.25, -0.2) is 9.37 Å². The van der Waals surface area contributed by atoms with Crippen LogP contribution in [0.3, 0.4) is 0 Å². The molecule has 1 fully saturated rings. The van der Waals surface area contributed by atoms with E-state index in [4.69, 9.17) is 9.15 Å². The molecule has 0 N–H and O–H groups in total. The minimum atomic E-state index is -0.338. The molecular formula is C23H23FN2O3. The van der Waals surface area contributed by atoms with Crippen molar-refractivity contribution in [2.45, 2.75) is 31.7 Å². The summed E-state index contributed by atoms with van der Waals surface area (Å²) in [6.45, 7) is 0.548. The van der Waals surface area contributed by atoms with E-state index >= 15 is 0 Å². The molecule has 2 aromatic carbocycles. The quantitative estimate of drug-likeness (QED) is 0.616. The highest BCUT2D eigenvalue weighted by molar-refractivity contribution is 5.78. The van der Waals surface area contributed by atoms with Crippen molar-refractivity contribution in [3.8, 4) is 5.75 Å². The van der Waals surface area contributed by atoms with Crippen molar-refractivity contribution in [1.29, 1.82) is 0 Å². The molecule has 1 unspecified atom stereocenters. The number of ether oxygens (including phenoxy) is 1. The van der Waals surface area contributed by atoms with Crippen LogP contribution in [0.2, 0.25) is 0 Å². The maximum absolute atomic E-state index is 13.0. The summed E-state index contributed by atoms with van der Waals surface area (Å²) in [5, 5.41) is 0. The van der Waals surface area contributed by atoms with Gasteiger partial charge in [0.15, 0.2) is 6.61 Å². The van der Waals surface area contributed by atoms with E-state index in [-0.39, 0.29) is 24.4 Å². The number of hydrogen-bond donors (Lipinski definition) is 0. The van der Waals surface area contributed by atoms with Gasteiger partial charge in [0, 0.05) is 13.0 Å². The molecule has 1 amide bonds. The van der Waals surface area contributed by atoms with Crippen LogP contribution in [0.4, 0.5) is 4.39 Å². The fourth-order valence-corrected chi connectivity index (χ4v) is 3.60. The van der Waals surface area contributed by atoms with Crippen molar-refractivity contribution in [3.05, 3.63) is 83.8 Å². The normalized spacial score (nSPS) is 16.6. The van der Waals surface area contributed by atoms with Crippen LogP contribution in [0, 0.1) is 5.82 Å². The van der Waals surface area contributed by atoms with Crippen LogP contribution >= 0.6 is 0 Å². The number of carbonyl (C=O) groups excluding carboxylic acids is 1. The molecule has 29 heavy (non-hydrogen) atoms. The number of halogens is 1. The molecule has 4 rings (SSSR count). The van der Waals surface area contributed by atoms with E-state index in [2.05, 4.69) is 4.98 Å². The van der Waals surface area contributed by atoms with E-state index in [1.165, 1.54) is 24.3 Å². The number of aromatic nitrogens is 1. The molecule has 1 aliphatic rings. The minimum absolute atomic E-state index is 0.0975. The van der Waals surface area contributed by atoms with Gasteiger partial charge in [-0.2, -0.15) is 0 Å². The monoisotopic (exact) mass is 394 g/mol. The first-order valence-corrected chi connectivity index (χ1v) is 9.85. The molecule has 0 spiro atoms. The molecule has 0 radical (unpaired) electrons. The van der Waals surface area contributed by atoms with Crippen LogP contribution in [0.5, 0.6) is 5.75 Å². The van der Waals surface area contributed by atoms with Crippen molar-refractivity contribution in [1.82, 2.24) is 9.88 Å². The van der Waals surface area contributed by atoms with Gasteiger partial charge in [-0.3, -0.25) is 4.79 Å². The van der Waals surface area contributed by atoms with Gasteiger partial charge >= 0.3 is 0 Å². The maximum Gasteiger partial charge on any atom is 0.261 e. The third-order valence-corrected chi connectivity index (χ3v) is 5.08. The van der Waals surface area contributed by atoms with E-state index in [0.717, 1.165) is 30.6 Å². The van der Waals surface area contributed by atoms with Crippen molar-refractivity contribution >= 4 is 5.91 Å². The predicted octanol–water partition coefficient (Wildman–Crippen LogP) is 4.54. The standard InChI is InChI=1S/C23H23FN2O3/c24-18-9-11-19(12-10-18)28-16-22(27)26-13-5-4-8-21(26)23-25-15-20(29-23)14-17-6-2-1-3-7-17/h1-3,6-7,9-12,15,21H,4-5,8,13-14,16H2. The summed E-state index contributed by atoms with van der Waals surface area (Å²) < 4.78 is 24.5. The zero-order valence-electron chi connectivity index (χ0n) is 16.1. The molecular weight excluding hydrogens is 371 g/mol. The molecule has 6 heteroatoms. The fourth-order valence-electron chi connectivity index (χ4n) is 3.60. The van der Waals surface area contributed by atoms with Crippen LogP contribution in [0.1, 0.15) is 42.5 Å². The number of rotatable bonds is 6. The number of piperidine rings is 1. The van der Waals surface area contributed by atoms with E-state index < -0.39 is 0 Å². The third kappa shape index (κ3) is 4.83. The summed E-state index contributed by atoms with van der Waals surface area (Å²) in [5.41, 5.74) is 1.15. The van der Waals surface area contributed by atoms with Gasteiger partial charge < -0.3 is 14.1 Å². The molecule has 0 aliphatic carbocycles. The summed E-state index contributed by atoms with van der Waals surface area (Å²) in [6, 6.07) is 15.5. The Labute approximate surface area is 169 Å². The van der Waals surface area contributed by atoms with E-state index in [0.29, 0.717) is 24.6 Å². The minimum Gasteiger partial charge on any atom is -0.484 e. The Kier molecular flexibility index (Phi) is 5.89. The van der Waals surface area contributed by atoms with Crippen LogP contribution in [0.25, 0.3) is 0 Å². The molecule has 1 aromatic heterocycles. The highest BCUT2D eigenvalue weighted by atomic mass is 19.1. The summed E-state index contributed by atoms with van der Waals surface area (Å²) >= 11 is 0. The number of amides is 1. The lowest BCUT2D eigenvalue weighted by molar-refractivity contribution is -0.137. The van der Waals surface area contributed by atoms with Crippen molar-refractivity contribution < 1.29 is 18.3 Å². The number of benzene rings is 2. The van der Waals surface area contributed by atoms with Crippen molar-refractivity contribution in [2.75, 3.05) is 13.2 Å². The number of likely N-dealkylation sites (tertiary alicyclic amines) is 1. The summed E-state index contributed by atoms with van der Waals surface area (Å²) in [5.74, 6) is 1.36. The van der Waals surface area contributed by atoms with Gasteiger partial charge in [0.05, 0.1) is 6.20 Å². The Balaban J connectivity index is 1.41. The number of hydrogen-bond acceptors (Lipinski definition) is 4.